The van der Waals surface area contributed by atoms with Crippen molar-refractivity contribution in [2.24, 2.45) is 0 Å². The molecule has 0 bridgehead atoms. The van der Waals surface area contributed by atoms with Crippen LogP contribution in [-0.4, -0.2) is 24.8 Å². The predicted octanol–water partition coefficient (Wildman–Crippen LogP) is 1.77. The number of anilines is 2. The number of rotatable bonds is 5. The smallest absolute Gasteiger partial charge is 0.229 e. The highest BCUT2D eigenvalue weighted by Gasteiger charge is 2.02. The number of nitrogens with one attached hydrogen (secondary N) is 2. The van der Waals surface area contributed by atoms with Crippen LogP contribution >= 0.6 is 0 Å². The lowest BCUT2D eigenvalue weighted by molar-refractivity contribution is 0.472. The zero-order valence-corrected chi connectivity index (χ0v) is 11.7. The molecule has 1 heterocycles. The fourth-order valence-corrected chi connectivity index (χ4v) is 2.18. The highest BCUT2D eigenvalue weighted by Crippen LogP contribution is 2.17. The lowest BCUT2D eigenvalue weighted by Gasteiger charge is -2.09. The summed E-state index contributed by atoms with van der Waals surface area (Å²) in [4.78, 5) is 4.05. The Balaban J connectivity index is 2.03. The van der Waals surface area contributed by atoms with Gasteiger partial charge in [0, 0.05) is 5.69 Å². The van der Waals surface area contributed by atoms with Gasteiger partial charge in [-0.1, -0.05) is 6.07 Å². The normalized spacial score (nSPS) is 11.1. The van der Waals surface area contributed by atoms with E-state index >= 15 is 0 Å². The molecule has 0 amide bonds. The number of aromatic hydroxyl groups is 1. The van der Waals surface area contributed by atoms with Gasteiger partial charge in [0.1, 0.15) is 5.75 Å². The van der Waals surface area contributed by atoms with Crippen molar-refractivity contribution < 1.29 is 13.5 Å². The summed E-state index contributed by atoms with van der Waals surface area (Å²) < 4.78 is 24.7. The third-order valence-corrected chi connectivity index (χ3v) is 3.06. The van der Waals surface area contributed by atoms with Crippen LogP contribution in [0.1, 0.15) is 5.69 Å². The molecular weight excluding hydrogens is 278 g/mol. The Kier molecular flexibility index (Phi) is 4.09. The molecule has 3 N–H and O–H groups in total. The van der Waals surface area contributed by atoms with E-state index in [4.69, 9.17) is 5.11 Å². The van der Waals surface area contributed by atoms with Crippen LogP contribution in [0.4, 0.5) is 11.4 Å². The van der Waals surface area contributed by atoms with E-state index in [-0.39, 0.29) is 5.75 Å². The van der Waals surface area contributed by atoms with Crippen molar-refractivity contribution in [1.29, 1.82) is 0 Å². The maximum absolute atomic E-state index is 11.2. The molecule has 0 unspecified atom stereocenters. The Bertz CT molecular complexity index is 684. The number of hydrogen-bond donors (Lipinski definition) is 3. The van der Waals surface area contributed by atoms with Crippen molar-refractivity contribution in [2.45, 2.75) is 6.54 Å². The summed E-state index contributed by atoms with van der Waals surface area (Å²) in [6, 6.07) is 10.2. The van der Waals surface area contributed by atoms with Crippen molar-refractivity contribution in [2.75, 3.05) is 16.3 Å². The van der Waals surface area contributed by atoms with Gasteiger partial charge in [-0.25, -0.2) is 8.42 Å². The molecule has 0 saturated heterocycles. The molecule has 6 nitrogen and oxygen atoms in total. The van der Waals surface area contributed by atoms with E-state index in [0.29, 0.717) is 12.2 Å². The molecule has 20 heavy (non-hydrogen) atoms. The highest BCUT2D eigenvalue weighted by atomic mass is 32.2. The second-order valence-corrected chi connectivity index (χ2v) is 6.06. The summed E-state index contributed by atoms with van der Waals surface area (Å²) in [6.45, 7) is 0.475. The first-order valence-corrected chi connectivity index (χ1v) is 7.77. The molecule has 0 fully saturated rings. The molecule has 2 aromatic rings. The molecular formula is C13H15N3O3S. The van der Waals surface area contributed by atoms with Crippen LogP contribution in [-0.2, 0) is 16.6 Å². The van der Waals surface area contributed by atoms with Crippen LogP contribution in [0.15, 0.2) is 42.6 Å². The molecule has 0 atom stereocenters. The van der Waals surface area contributed by atoms with E-state index in [0.717, 1.165) is 17.6 Å². The Hall–Kier alpha value is -2.28. The summed E-state index contributed by atoms with van der Waals surface area (Å²) in [6.07, 6.45) is 2.48. The van der Waals surface area contributed by atoms with E-state index in [1.165, 1.54) is 6.20 Å². The first-order chi connectivity index (χ1) is 9.42. The molecule has 0 aliphatic carbocycles. The molecule has 0 aliphatic rings. The zero-order chi connectivity index (χ0) is 14.6. The van der Waals surface area contributed by atoms with Crippen LogP contribution in [0.25, 0.3) is 0 Å². The summed E-state index contributed by atoms with van der Waals surface area (Å²) in [5.74, 6) is 0.119. The molecule has 1 aromatic carbocycles. The van der Waals surface area contributed by atoms with Crippen molar-refractivity contribution in [1.82, 2.24) is 4.98 Å². The molecule has 0 radical (unpaired) electrons. The van der Waals surface area contributed by atoms with Gasteiger partial charge in [0.15, 0.2) is 0 Å². The Labute approximate surface area is 117 Å². The maximum atomic E-state index is 11.2. The first-order valence-electron chi connectivity index (χ1n) is 5.88. The number of nitrogens with zero attached hydrogens (tertiary/aromatic N) is 1. The van der Waals surface area contributed by atoms with Crippen molar-refractivity contribution in [3.63, 3.8) is 0 Å². The monoisotopic (exact) mass is 293 g/mol. The van der Waals surface area contributed by atoms with E-state index in [9.17, 15) is 8.42 Å². The van der Waals surface area contributed by atoms with Crippen molar-refractivity contribution in [3.8, 4) is 5.75 Å². The van der Waals surface area contributed by atoms with Gasteiger partial charge in [-0.2, -0.15) is 0 Å². The van der Waals surface area contributed by atoms with E-state index in [2.05, 4.69) is 15.0 Å². The second kappa shape index (κ2) is 5.79. The van der Waals surface area contributed by atoms with Gasteiger partial charge in [0.25, 0.3) is 0 Å². The van der Waals surface area contributed by atoms with Gasteiger partial charge in [-0.3, -0.25) is 9.71 Å². The third kappa shape index (κ3) is 4.43. The minimum absolute atomic E-state index is 0.119. The summed E-state index contributed by atoms with van der Waals surface area (Å²) in [5, 5.41) is 12.3. The molecule has 106 valence electrons. The van der Waals surface area contributed by atoms with Crippen LogP contribution in [0.2, 0.25) is 0 Å². The lowest BCUT2D eigenvalue weighted by atomic mass is 10.2. The standard InChI is InChI=1S/C13H15N3O3S/c1-20(18,19)16-11-4-2-3-10(7-11)14-8-12-5-6-13(17)9-15-12/h2-7,9,14,16-17H,8H2,1H3. The van der Waals surface area contributed by atoms with Gasteiger partial charge in [0.05, 0.1) is 30.4 Å². The van der Waals surface area contributed by atoms with Gasteiger partial charge >= 0.3 is 0 Å². The Morgan fingerprint density at radius 1 is 1.20 bits per heavy atom. The SMILES string of the molecule is CS(=O)(=O)Nc1cccc(NCc2ccc(O)cn2)c1. The summed E-state index contributed by atoms with van der Waals surface area (Å²) in [7, 11) is -3.28. The second-order valence-electron chi connectivity index (χ2n) is 4.32. The quantitative estimate of drug-likeness (QED) is 0.781. The van der Waals surface area contributed by atoms with Gasteiger partial charge < -0.3 is 10.4 Å². The van der Waals surface area contributed by atoms with Crippen LogP contribution < -0.4 is 10.0 Å². The molecule has 2 rings (SSSR count). The summed E-state index contributed by atoms with van der Waals surface area (Å²) >= 11 is 0. The molecule has 0 saturated carbocycles. The number of benzene rings is 1. The first kappa shape index (κ1) is 14.1. The lowest BCUT2D eigenvalue weighted by Crippen LogP contribution is -2.09. The molecule has 1 aromatic heterocycles. The van der Waals surface area contributed by atoms with Crippen LogP contribution in [0.3, 0.4) is 0 Å². The Morgan fingerprint density at radius 2 is 1.95 bits per heavy atom. The minimum atomic E-state index is -3.28. The largest absolute Gasteiger partial charge is 0.506 e. The zero-order valence-electron chi connectivity index (χ0n) is 10.9. The van der Waals surface area contributed by atoms with Crippen molar-refractivity contribution in [3.05, 3.63) is 48.3 Å². The van der Waals surface area contributed by atoms with E-state index in [1.807, 2.05) is 6.07 Å². The molecule has 7 heteroatoms. The minimum Gasteiger partial charge on any atom is -0.506 e. The highest BCUT2D eigenvalue weighted by molar-refractivity contribution is 7.92. The fraction of sp³-hybridized carbons (Fsp3) is 0.154. The number of pyridine rings is 1. The summed E-state index contributed by atoms with van der Waals surface area (Å²) in [5.41, 5.74) is 2.04. The topological polar surface area (TPSA) is 91.3 Å². The number of sulfonamides is 1. The average molecular weight is 293 g/mol. The Morgan fingerprint density at radius 3 is 2.60 bits per heavy atom. The van der Waals surface area contributed by atoms with Gasteiger partial charge in [-0.05, 0) is 30.3 Å². The number of aromatic nitrogens is 1. The fourth-order valence-electron chi connectivity index (χ4n) is 1.62. The molecule has 0 spiro atoms. The van der Waals surface area contributed by atoms with Gasteiger partial charge in [-0.15, -0.1) is 0 Å². The average Bonchev–Trinajstić information content (AvgIpc) is 2.36. The van der Waals surface area contributed by atoms with Crippen LogP contribution in [0.5, 0.6) is 5.75 Å². The van der Waals surface area contributed by atoms with Crippen LogP contribution in [0, 0.1) is 0 Å². The predicted molar refractivity (Wildman–Crippen MR) is 78.1 cm³/mol. The molecule has 0 aliphatic heterocycles. The van der Waals surface area contributed by atoms with Gasteiger partial charge in [0.2, 0.25) is 10.0 Å². The number of hydrogen-bond acceptors (Lipinski definition) is 5. The van der Waals surface area contributed by atoms with E-state index < -0.39 is 10.0 Å². The van der Waals surface area contributed by atoms with Crippen molar-refractivity contribution >= 4 is 21.4 Å². The third-order valence-electron chi connectivity index (χ3n) is 2.45. The van der Waals surface area contributed by atoms with E-state index in [1.54, 1.807) is 30.3 Å². The maximum Gasteiger partial charge on any atom is 0.229 e.